The first kappa shape index (κ1) is 27.9. The number of aldehydes is 1. The molecule has 0 bridgehead atoms. The van der Waals surface area contributed by atoms with Crippen molar-refractivity contribution in [1.82, 2.24) is 0 Å². The van der Waals surface area contributed by atoms with Crippen molar-refractivity contribution in [2.45, 2.75) is 37.2 Å². The average molecular weight is 429 g/mol. The summed E-state index contributed by atoms with van der Waals surface area (Å²) in [6, 6.07) is -0.631. The van der Waals surface area contributed by atoms with Crippen molar-refractivity contribution < 1.29 is 63.0 Å². The van der Waals surface area contributed by atoms with Crippen molar-refractivity contribution in [2.24, 2.45) is 5.73 Å². The maximum Gasteiger partial charge on any atom is 0.469 e. The van der Waals surface area contributed by atoms with Crippen LogP contribution in [0.3, 0.4) is 0 Å². The van der Waals surface area contributed by atoms with E-state index in [9.17, 15) is 13.9 Å². The van der Waals surface area contributed by atoms with Crippen LogP contribution in [0.15, 0.2) is 0 Å². The van der Waals surface area contributed by atoms with Crippen molar-refractivity contribution >= 4 is 21.9 Å². The maximum absolute atomic E-state index is 10.3. The van der Waals surface area contributed by atoms with Gasteiger partial charge in [0, 0.05) is 6.04 Å². The van der Waals surface area contributed by atoms with E-state index in [2.05, 4.69) is 9.05 Å². The number of hydrogen-bond donors (Lipinski definition) is 9. The van der Waals surface area contributed by atoms with Gasteiger partial charge >= 0.3 is 15.6 Å². The standard InChI is InChI=1S/C5H15NO8P2.C5H10O5/c6-5(4-14-16(10,11)12)2-1-3-13-15(7,8)9;6-1-3(8)5(10)4(9)2-7/h5H,1-4,6H2,(H2,7,8,9)(H2,10,11,12);1,3-5,7-10H,2H2/t;3-,4+,5-/m.0/s1. The van der Waals surface area contributed by atoms with Gasteiger partial charge in [-0.15, -0.1) is 0 Å². The third-order valence-corrected chi connectivity index (χ3v) is 3.51. The molecule has 14 nitrogen and oxygen atoms in total. The van der Waals surface area contributed by atoms with Crippen LogP contribution in [-0.2, 0) is 23.0 Å². The smallest absolute Gasteiger partial charge is 0.394 e. The van der Waals surface area contributed by atoms with Crippen molar-refractivity contribution in [3.05, 3.63) is 0 Å². The number of nitrogens with two attached hydrogens (primary N) is 1. The van der Waals surface area contributed by atoms with E-state index in [-0.39, 0.29) is 32.3 Å². The molecule has 4 atom stereocenters. The topological polar surface area (TPSA) is 258 Å². The first-order valence-electron chi connectivity index (χ1n) is 6.99. The van der Waals surface area contributed by atoms with E-state index < -0.39 is 46.6 Å². The quantitative estimate of drug-likeness (QED) is 0.0831. The van der Waals surface area contributed by atoms with Crippen LogP contribution in [0.2, 0.25) is 0 Å². The van der Waals surface area contributed by atoms with E-state index in [1.54, 1.807) is 0 Å². The van der Waals surface area contributed by atoms with E-state index in [0.29, 0.717) is 0 Å². The second kappa shape index (κ2) is 13.8. The number of hydrogen-bond acceptors (Lipinski definition) is 10. The van der Waals surface area contributed by atoms with E-state index >= 15 is 0 Å². The summed E-state index contributed by atoms with van der Waals surface area (Å²) in [6.45, 7) is -1.21. The summed E-state index contributed by atoms with van der Waals surface area (Å²) in [4.78, 5) is 43.1. The molecule has 0 rings (SSSR count). The van der Waals surface area contributed by atoms with Gasteiger partial charge in [-0.25, -0.2) is 9.13 Å². The minimum absolute atomic E-state index is 0.0869. The van der Waals surface area contributed by atoms with Gasteiger partial charge in [0.1, 0.15) is 18.3 Å². The van der Waals surface area contributed by atoms with Gasteiger partial charge in [0.2, 0.25) is 0 Å². The normalized spacial score (nSPS) is 16.8. The number of aliphatic hydroxyl groups is 4. The number of phosphoric ester groups is 2. The fourth-order valence-corrected chi connectivity index (χ4v) is 1.97. The highest BCUT2D eigenvalue weighted by Gasteiger charge is 2.23. The van der Waals surface area contributed by atoms with Crippen LogP contribution in [-0.4, -0.2) is 90.5 Å². The molecule has 0 saturated heterocycles. The summed E-state index contributed by atoms with van der Waals surface area (Å²) in [5.74, 6) is 0. The highest BCUT2D eigenvalue weighted by molar-refractivity contribution is 7.46. The van der Waals surface area contributed by atoms with E-state index in [0.717, 1.165) is 0 Å². The maximum atomic E-state index is 10.3. The number of phosphoric acid groups is 2. The Kier molecular flexibility index (Phi) is 14.8. The Morgan fingerprint density at radius 3 is 1.88 bits per heavy atom. The first-order chi connectivity index (χ1) is 11.7. The molecule has 16 heteroatoms. The highest BCUT2D eigenvalue weighted by atomic mass is 31.2. The van der Waals surface area contributed by atoms with Crippen molar-refractivity contribution in [3.63, 3.8) is 0 Å². The zero-order valence-corrected chi connectivity index (χ0v) is 15.3. The van der Waals surface area contributed by atoms with Gasteiger partial charge in [-0.1, -0.05) is 0 Å². The van der Waals surface area contributed by atoms with Gasteiger partial charge in [0.25, 0.3) is 0 Å². The highest BCUT2D eigenvalue weighted by Crippen LogP contribution is 2.36. The molecular formula is C10H25NO13P2. The van der Waals surface area contributed by atoms with Crippen molar-refractivity contribution in [1.29, 1.82) is 0 Å². The zero-order valence-electron chi connectivity index (χ0n) is 13.5. The molecule has 26 heavy (non-hydrogen) atoms. The zero-order chi connectivity index (χ0) is 21.0. The van der Waals surface area contributed by atoms with Gasteiger partial charge in [-0.3, -0.25) is 9.05 Å². The van der Waals surface area contributed by atoms with Crippen LogP contribution < -0.4 is 5.73 Å². The molecule has 0 saturated carbocycles. The molecule has 10 N–H and O–H groups in total. The molecule has 0 aromatic heterocycles. The molecule has 0 aromatic rings. The number of aliphatic hydroxyl groups excluding tert-OH is 4. The molecule has 0 aromatic carbocycles. The third kappa shape index (κ3) is 18.5. The molecule has 0 heterocycles. The molecule has 0 amide bonds. The third-order valence-electron chi connectivity index (χ3n) is 2.51. The van der Waals surface area contributed by atoms with Gasteiger partial charge in [-0.2, -0.15) is 0 Å². The minimum atomic E-state index is -4.52. The second-order valence-electron chi connectivity index (χ2n) is 4.88. The lowest BCUT2D eigenvalue weighted by Gasteiger charge is -2.16. The first-order valence-corrected chi connectivity index (χ1v) is 10.1. The molecule has 0 fully saturated rings. The summed E-state index contributed by atoms with van der Waals surface area (Å²) in [7, 11) is -8.99. The summed E-state index contributed by atoms with van der Waals surface area (Å²) < 4.78 is 28.8. The summed E-state index contributed by atoms with van der Waals surface area (Å²) in [5, 5.41) is 34.1. The van der Waals surface area contributed by atoms with Gasteiger partial charge in [0.15, 0.2) is 6.29 Å². The Bertz CT molecular complexity index is 466. The Morgan fingerprint density at radius 2 is 1.50 bits per heavy atom. The number of carbonyl (C=O) groups excluding carboxylic acids is 1. The molecule has 0 aliphatic rings. The predicted molar refractivity (Wildman–Crippen MR) is 84.4 cm³/mol. The number of carbonyl (C=O) groups is 1. The summed E-state index contributed by atoms with van der Waals surface area (Å²) in [6.07, 6.45) is -4.12. The van der Waals surface area contributed by atoms with E-state index in [4.69, 9.17) is 45.7 Å². The number of rotatable bonds is 12. The van der Waals surface area contributed by atoms with Gasteiger partial charge < -0.3 is 50.5 Å². The molecular weight excluding hydrogens is 404 g/mol. The molecule has 0 radical (unpaired) electrons. The molecule has 0 aliphatic carbocycles. The Hall–Kier alpha value is -0.310. The summed E-state index contributed by atoms with van der Waals surface area (Å²) in [5.41, 5.74) is 5.41. The fourth-order valence-electron chi connectivity index (χ4n) is 1.22. The van der Waals surface area contributed by atoms with Crippen LogP contribution in [0.5, 0.6) is 0 Å². The van der Waals surface area contributed by atoms with E-state index in [1.807, 2.05) is 0 Å². The largest absolute Gasteiger partial charge is 0.469 e. The lowest BCUT2D eigenvalue weighted by atomic mass is 10.1. The SMILES string of the molecule is NC(CCCOP(=O)(O)O)COP(=O)(O)O.O=C[C@H](O)[C@H](O)[C@H](O)CO. The Balaban J connectivity index is 0. The van der Waals surface area contributed by atoms with Crippen LogP contribution in [0, 0.1) is 0 Å². The van der Waals surface area contributed by atoms with Crippen LogP contribution >= 0.6 is 15.6 Å². The Morgan fingerprint density at radius 1 is 1.00 bits per heavy atom. The fraction of sp³-hybridized carbons (Fsp3) is 0.900. The van der Waals surface area contributed by atoms with Crippen LogP contribution in [0.25, 0.3) is 0 Å². The van der Waals surface area contributed by atoms with Crippen molar-refractivity contribution in [3.8, 4) is 0 Å². The van der Waals surface area contributed by atoms with Crippen LogP contribution in [0.4, 0.5) is 0 Å². The van der Waals surface area contributed by atoms with E-state index in [1.165, 1.54) is 0 Å². The Labute approximate surface area is 148 Å². The molecule has 1 unspecified atom stereocenters. The molecule has 0 aliphatic heterocycles. The second-order valence-corrected chi connectivity index (χ2v) is 7.36. The van der Waals surface area contributed by atoms with Crippen molar-refractivity contribution in [2.75, 3.05) is 19.8 Å². The minimum Gasteiger partial charge on any atom is -0.394 e. The summed E-state index contributed by atoms with van der Waals surface area (Å²) >= 11 is 0. The lowest BCUT2D eigenvalue weighted by molar-refractivity contribution is -0.127. The molecule has 0 spiro atoms. The van der Waals surface area contributed by atoms with Gasteiger partial charge in [0.05, 0.1) is 19.8 Å². The molecule has 158 valence electrons. The predicted octanol–water partition coefficient (Wildman–Crippen LogP) is -3.43. The average Bonchev–Trinajstić information content (AvgIpc) is 2.53. The monoisotopic (exact) mass is 429 g/mol. The van der Waals surface area contributed by atoms with Gasteiger partial charge in [-0.05, 0) is 12.8 Å². The van der Waals surface area contributed by atoms with Crippen LogP contribution in [0.1, 0.15) is 12.8 Å². The lowest BCUT2D eigenvalue weighted by Crippen LogP contribution is -2.40.